The molecule has 3 heteroatoms. The first-order valence-corrected chi connectivity index (χ1v) is 5.44. The summed E-state index contributed by atoms with van der Waals surface area (Å²) in [5.74, 6) is 0. The van der Waals surface area contributed by atoms with Gasteiger partial charge in [0.05, 0.1) is 17.7 Å². The predicted octanol–water partition coefficient (Wildman–Crippen LogP) is 3.59. The number of aryl methyl sites for hydroxylation is 1. The molecule has 1 aromatic carbocycles. The molecule has 0 aliphatic rings. The summed E-state index contributed by atoms with van der Waals surface area (Å²) in [6, 6.07) is 8.09. The Labute approximate surface area is 97.4 Å². The van der Waals surface area contributed by atoms with Crippen molar-refractivity contribution in [3.05, 3.63) is 53.0 Å². The molecule has 2 aromatic rings. The number of hydrogen-bond acceptors (Lipinski definition) is 1. The minimum Gasteiger partial charge on any atom is -0.299 e. The lowest BCUT2D eigenvalue weighted by molar-refractivity contribution is 1.04. The van der Waals surface area contributed by atoms with Crippen LogP contribution in [-0.2, 0) is 0 Å². The first kappa shape index (κ1) is 10.2. The van der Waals surface area contributed by atoms with Crippen molar-refractivity contribution in [3.63, 3.8) is 0 Å². The van der Waals surface area contributed by atoms with Crippen molar-refractivity contribution in [1.82, 2.24) is 9.55 Å². The summed E-state index contributed by atoms with van der Waals surface area (Å²) in [5.41, 5.74) is 3.11. The standard InChI is InChI=1S/C12H11BrN2/c1-3-12-9(2)14-8-15(12)11-6-4-5-10(13)7-11/h3-8H,1H2,2H3. The zero-order chi connectivity index (χ0) is 10.8. The van der Waals surface area contributed by atoms with Crippen molar-refractivity contribution in [2.24, 2.45) is 0 Å². The highest BCUT2D eigenvalue weighted by Crippen LogP contribution is 2.19. The Morgan fingerprint density at radius 3 is 2.93 bits per heavy atom. The number of hydrogen-bond donors (Lipinski definition) is 0. The second-order valence-electron chi connectivity index (χ2n) is 3.27. The Hall–Kier alpha value is -1.35. The summed E-state index contributed by atoms with van der Waals surface area (Å²) in [4.78, 5) is 4.27. The fraction of sp³-hybridized carbons (Fsp3) is 0.0833. The molecule has 0 fully saturated rings. The van der Waals surface area contributed by atoms with Crippen molar-refractivity contribution in [2.75, 3.05) is 0 Å². The molecule has 15 heavy (non-hydrogen) atoms. The van der Waals surface area contributed by atoms with E-state index in [1.54, 1.807) is 0 Å². The fourth-order valence-corrected chi connectivity index (χ4v) is 1.91. The maximum absolute atomic E-state index is 4.27. The van der Waals surface area contributed by atoms with Crippen LogP contribution in [0.15, 0.2) is 41.6 Å². The van der Waals surface area contributed by atoms with Gasteiger partial charge in [0, 0.05) is 10.2 Å². The van der Waals surface area contributed by atoms with Crippen LogP contribution in [0, 0.1) is 6.92 Å². The van der Waals surface area contributed by atoms with Crippen molar-refractivity contribution in [2.45, 2.75) is 6.92 Å². The van der Waals surface area contributed by atoms with E-state index in [0.717, 1.165) is 21.5 Å². The molecule has 1 aromatic heterocycles. The molecule has 0 saturated heterocycles. The van der Waals surface area contributed by atoms with Crippen LogP contribution in [0.5, 0.6) is 0 Å². The summed E-state index contributed by atoms with van der Waals surface area (Å²) >= 11 is 3.45. The van der Waals surface area contributed by atoms with Crippen LogP contribution in [0.1, 0.15) is 11.4 Å². The van der Waals surface area contributed by atoms with Crippen molar-refractivity contribution >= 4 is 22.0 Å². The SMILES string of the molecule is C=Cc1c(C)ncn1-c1cccc(Br)c1. The summed E-state index contributed by atoms with van der Waals surface area (Å²) in [5, 5.41) is 0. The highest BCUT2D eigenvalue weighted by molar-refractivity contribution is 9.10. The average molecular weight is 263 g/mol. The van der Waals surface area contributed by atoms with E-state index in [2.05, 4.69) is 27.5 Å². The van der Waals surface area contributed by atoms with E-state index in [1.807, 2.05) is 48.2 Å². The van der Waals surface area contributed by atoms with Gasteiger partial charge in [-0.05, 0) is 31.2 Å². The van der Waals surface area contributed by atoms with Gasteiger partial charge < -0.3 is 0 Å². The van der Waals surface area contributed by atoms with E-state index in [9.17, 15) is 0 Å². The molecule has 2 nitrogen and oxygen atoms in total. The van der Waals surface area contributed by atoms with Crippen molar-refractivity contribution in [3.8, 4) is 5.69 Å². The van der Waals surface area contributed by atoms with Gasteiger partial charge in [-0.1, -0.05) is 28.6 Å². The topological polar surface area (TPSA) is 17.8 Å². The molecular weight excluding hydrogens is 252 g/mol. The summed E-state index contributed by atoms with van der Waals surface area (Å²) in [7, 11) is 0. The van der Waals surface area contributed by atoms with Gasteiger partial charge in [-0.15, -0.1) is 0 Å². The largest absolute Gasteiger partial charge is 0.299 e. The molecule has 2 rings (SSSR count). The van der Waals surface area contributed by atoms with Gasteiger partial charge in [-0.25, -0.2) is 4.98 Å². The van der Waals surface area contributed by atoms with Gasteiger partial charge in [-0.3, -0.25) is 4.57 Å². The number of nitrogens with zero attached hydrogens (tertiary/aromatic N) is 2. The van der Waals surface area contributed by atoms with Gasteiger partial charge >= 0.3 is 0 Å². The van der Waals surface area contributed by atoms with Crippen LogP contribution in [0.3, 0.4) is 0 Å². The van der Waals surface area contributed by atoms with Crippen LogP contribution in [-0.4, -0.2) is 9.55 Å². The van der Waals surface area contributed by atoms with Crippen LogP contribution >= 0.6 is 15.9 Å². The van der Waals surface area contributed by atoms with E-state index in [-0.39, 0.29) is 0 Å². The molecule has 0 aliphatic carbocycles. The minimum absolute atomic E-state index is 0.991. The number of benzene rings is 1. The molecule has 0 atom stereocenters. The average Bonchev–Trinajstić information content (AvgIpc) is 2.59. The smallest absolute Gasteiger partial charge is 0.1000 e. The third-order valence-corrected chi connectivity index (χ3v) is 2.77. The second-order valence-corrected chi connectivity index (χ2v) is 4.18. The molecule has 0 aliphatic heterocycles. The Kier molecular flexibility index (Phi) is 2.73. The molecule has 76 valence electrons. The first-order valence-electron chi connectivity index (χ1n) is 4.64. The normalized spacial score (nSPS) is 10.3. The molecule has 0 bridgehead atoms. The van der Waals surface area contributed by atoms with E-state index < -0.39 is 0 Å². The third-order valence-electron chi connectivity index (χ3n) is 2.28. The third kappa shape index (κ3) is 1.88. The quantitative estimate of drug-likeness (QED) is 0.809. The molecule has 0 radical (unpaired) electrons. The summed E-state index contributed by atoms with van der Waals surface area (Å²) < 4.78 is 3.08. The van der Waals surface area contributed by atoms with Gasteiger partial charge in [-0.2, -0.15) is 0 Å². The van der Waals surface area contributed by atoms with E-state index in [4.69, 9.17) is 0 Å². The van der Waals surface area contributed by atoms with Crippen LogP contribution in [0.2, 0.25) is 0 Å². The van der Waals surface area contributed by atoms with Gasteiger partial charge in [0.2, 0.25) is 0 Å². The maximum atomic E-state index is 4.27. The molecule has 0 N–H and O–H groups in total. The maximum Gasteiger partial charge on any atom is 0.1000 e. The molecule has 0 amide bonds. The van der Waals surface area contributed by atoms with Crippen molar-refractivity contribution in [1.29, 1.82) is 0 Å². The molecule has 0 unspecified atom stereocenters. The Morgan fingerprint density at radius 1 is 1.47 bits per heavy atom. The van der Waals surface area contributed by atoms with E-state index >= 15 is 0 Å². The van der Waals surface area contributed by atoms with Gasteiger partial charge in [0.1, 0.15) is 0 Å². The second kappa shape index (κ2) is 4.03. The zero-order valence-corrected chi connectivity index (χ0v) is 10.0. The van der Waals surface area contributed by atoms with E-state index in [1.165, 1.54) is 0 Å². The predicted molar refractivity (Wildman–Crippen MR) is 66.1 cm³/mol. The molecule has 0 saturated carbocycles. The van der Waals surface area contributed by atoms with Gasteiger partial charge in [0.15, 0.2) is 0 Å². The van der Waals surface area contributed by atoms with E-state index in [0.29, 0.717) is 0 Å². The number of rotatable bonds is 2. The van der Waals surface area contributed by atoms with Crippen LogP contribution in [0.25, 0.3) is 11.8 Å². The number of aromatic nitrogens is 2. The lowest BCUT2D eigenvalue weighted by atomic mass is 10.3. The van der Waals surface area contributed by atoms with Crippen LogP contribution in [0.4, 0.5) is 0 Å². The monoisotopic (exact) mass is 262 g/mol. The summed E-state index contributed by atoms with van der Waals surface area (Å²) in [6.07, 6.45) is 3.64. The zero-order valence-electron chi connectivity index (χ0n) is 8.44. The Balaban J connectivity index is 2.58. The molecular formula is C12H11BrN2. The lowest BCUT2D eigenvalue weighted by Gasteiger charge is -2.05. The fourth-order valence-electron chi connectivity index (χ4n) is 1.52. The van der Waals surface area contributed by atoms with Crippen molar-refractivity contribution < 1.29 is 0 Å². The first-order chi connectivity index (χ1) is 7.22. The molecule has 0 spiro atoms. The molecule has 1 heterocycles. The highest BCUT2D eigenvalue weighted by atomic mass is 79.9. The Bertz CT molecular complexity index is 500. The summed E-state index contributed by atoms with van der Waals surface area (Å²) in [6.45, 7) is 5.78. The number of halogens is 1. The lowest BCUT2D eigenvalue weighted by Crippen LogP contribution is -1.94. The van der Waals surface area contributed by atoms with Crippen LogP contribution < -0.4 is 0 Å². The minimum atomic E-state index is 0.991. The number of imidazole rings is 1. The Morgan fingerprint density at radius 2 is 2.27 bits per heavy atom. The van der Waals surface area contributed by atoms with Gasteiger partial charge in [0.25, 0.3) is 0 Å². The highest BCUT2D eigenvalue weighted by Gasteiger charge is 2.05.